The first-order chi connectivity index (χ1) is 8.50. The molecule has 18 heavy (non-hydrogen) atoms. The van der Waals surface area contributed by atoms with E-state index in [1.54, 1.807) is 0 Å². The Bertz CT molecular complexity index is 280. The summed E-state index contributed by atoms with van der Waals surface area (Å²) in [4.78, 5) is 7.10. The number of nitrogens with zero attached hydrogens (tertiary/aromatic N) is 2. The van der Waals surface area contributed by atoms with E-state index in [0.717, 1.165) is 18.3 Å². The summed E-state index contributed by atoms with van der Waals surface area (Å²) < 4.78 is 0. The molecule has 1 aliphatic heterocycles. The number of likely N-dealkylation sites (N-methyl/N-ethyl adjacent to an activating group) is 1. The molecular formula is C14H29N3S. The third-order valence-corrected chi connectivity index (χ3v) is 5.05. The fraction of sp³-hybridized carbons (Fsp3) is 0.929. The summed E-state index contributed by atoms with van der Waals surface area (Å²) in [6, 6.07) is 0.651. The van der Waals surface area contributed by atoms with Gasteiger partial charge >= 0.3 is 0 Å². The van der Waals surface area contributed by atoms with Crippen LogP contribution in [0.25, 0.3) is 0 Å². The Morgan fingerprint density at radius 3 is 2.83 bits per heavy atom. The number of hydrogen-bond donors (Lipinski definition) is 1. The van der Waals surface area contributed by atoms with Crippen molar-refractivity contribution < 1.29 is 0 Å². The van der Waals surface area contributed by atoms with Crippen LogP contribution >= 0.6 is 11.8 Å². The molecule has 1 fully saturated rings. The molecule has 1 saturated heterocycles. The van der Waals surface area contributed by atoms with Crippen LogP contribution in [0.3, 0.4) is 0 Å². The lowest BCUT2D eigenvalue weighted by atomic mass is 9.96. The van der Waals surface area contributed by atoms with E-state index in [1.165, 1.54) is 25.0 Å². The van der Waals surface area contributed by atoms with E-state index in [1.807, 2.05) is 11.8 Å². The molecule has 0 aromatic heterocycles. The lowest BCUT2D eigenvalue weighted by Gasteiger charge is -2.35. The molecule has 0 radical (unpaired) electrons. The average Bonchev–Trinajstić information content (AvgIpc) is 2.38. The van der Waals surface area contributed by atoms with Crippen LogP contribution in [-0.4, -0.2) is 47.5 Å². The summed E-state index contributed by atoms with van der Waals surface area (Å²) >= 11 is 1.87. The summed E-state index contributed by atoms with van der Waals surface area (Å²) in [5.74, 6) is 1.19. The van der Waals surface area contributed by atoms with E-state index in [-0.39, 0.29) is 5.54 Å². The van der Waals surface area contributed by atoms with Crippen LogP contribution in [0, 0.1) is 0 Å². The Kier molecular flexibility index (Phi) is 6.50. The maximum atomic E-state index is 4.71. The van der Waals surface area contributed by atoms with Crippen molar-refractivity contribution in [3.8, 4) is 0 Å². The zero-order chi connectivity index (χ0) is 13.6. The fourth-order valence-corrected chi connectivity index (χ4v) is 3.17. The van der Waals surface area contributed by atoms with Gasteiger partial charge in [-0.05, 0) is 40.2 Å². The molecule has 0 saturated carbocycles. The van der Waals surface area contributed by atoms with Crippen molar-refractivity contribution in [2.24, 2.45) is 4.99 Å². The molecule has 2 atom stereocenters. The first-order valence-electron chi connectivity index (χ1n) is 7.16. The Balaban J connectivity index is 2.38. The SMILES string of the molecule is CCC(C)N(C)CCN=C1NC(C)(CC)CCS1. The zero-order valence-electron chi connectivity index (χ0n) is 12.6. The van der Waals surface area contributed by atoms with E-state index in [2.05, 4.69) is 45.0 Å². The molecular weight excluding hydrogens is 242 g/mol. The average molecular weight is 271 g/mol. The summed E-state index contributed by atoms with van der Waals surface area (Å²) in [5.41, 5.74) is 0.257. The minimum Gasteiger partial charge on any atom is -0.360 e. The second-order valence-corrected chi connectivity index (χ2v) is 6.65. The van der Waals surface area contributed by atoms with Gasteiger partial charge in [0.1, 0.15) is 0 Å². The van der Waals surface area contributed by atoms with E-state index in [9.17, 15) is 0 Å². The van der Waals surface area contributed by atoms with Crippen molar-refractivity contribution in [2.75, 3.05) is 25.9 Å². The van der Waals surface area contributed by atoms with E-state index < -0.39 is 0 Å². The van der Waals surface area contributed by atoms with Gasteiger partial charge in [-0.25, -0.2) is 0 Å². The van der Waals surface area contributed by atoms with Crippen molar-refractivity contribution >= 4 is 16.9 Å². The van der Waals surface area contributed by atoms with Gasteiger partial charge in [0.05, 0.1) is 6.54 Å². The van der Waals surface area contributed by atoms with Crippen molar-refractivity contribution in [2.45, 2.75) is 58.5 Å². The highest BCUT2D eigenvalue weighted by molar-refractivity contribution is 8.13. The van der Waals surface area contributed by atoms with Crippen LogP contribution in [0.2, 0.25) is 0 Å². The minimum absolute atomic E-state index is 0.257. The highest BCUT2D eigenvalue weighted by atomic mass is 32.2. The van der Waals surface area contributed by atoms with Crippen LogP contribution in [0.15, 0.2) is 4.99 Å². The van der Waals surface area contributed by atoms with Crippen molar-refractivity contribution in [1.29, 1.82) is 0 Å². The normalized spacial score (nSPS) is 28.4. The number of nitrogens with one attached hydrogen (secondary N) is 1. The summed E-state index contributed by atoms with van der Waals surface area (Å²) in [6.45, 7) is 11.0. The molecule has 106 valence electrons. The molecule has 3 nitrogen and oxygen atoms in total. The molecule has 1 rings (SSSR count). The van der Waals surface area contributed by atoms with Crippen molar-refractivity contribution in [1.82, 2.24) is 10.2 Å². The van der Waals surface area contributed by atoms with Gasteiger partial charge in [0.2, 0.25) is 0 Å². The Labute approximate surface area is 117 Å². The van der Waals surface area contributed by atoms with E-state index in [0.29, 0.717) is 6.04 Å². The lowest BCUT2D eigenvalue weighted by molar-refractivity contribution is 0.259. The number of hydrogen-bond acceptors (Lipinski definition) is 3. The second kappa shape index (κ2) is 7.39. The maximum Gasteiger partial charge on any atom is 0.157 e. The Morgan fingerprint density at radius 2 is 2.22 bits per heavy atom. The van der Waals surface area contributed by atoms with Gasteiger partial charge in [0.25, 0.3) is 0 Å². The number of rotatable bonds is 6. The minimum atomic E-state index is 0.257. The van der Waals surface area contributed by atoms with E-state index >= 15 is 0 Å². The summed E-state index contributed by atoms with van der Waals surface area (Å²) in [6.07, 6.45) is 3.60. The molecule has 1 N–H and O–H groups in total. The third kappa shape index (κ3) is 4.81. The monoisotopic (exact) mass is 271 g/mol. The van der Waals surface area contributed by atoms with Gasteiger partial charge in [-0.3, -0.25) is 4.99 Å². The van der Waals surface area contributed by atoms with Crippen LogP contribution < -0.4 is 5.32 Å². The molecule has 0 aliphatic carbocycles. The molecule has 0 spiro atoms. The highest BCUT2D eigenvalue weighted by Gasteiger charge is 2.27. The molecule has 2 unspecified atom stereocenters. The van der Waals surface area contributed by atoms with Gasteiger partial charge in [-0.2, -0.15) is 0 Å². The maximum absolute atomic E-state index is 4.71. The number of thioether (sulfide) groups is 1. The zero-order valence-corrected chi connectivity index (χ0v) is 13.4. The molecule has 0 bridgehead atoms. The fourth-order valence-electron chi connectivity index (χ4n) is 1.92. The predicted octanol–water partition coefficient (Wildman–Crippen LogP) is 2.97. The highest BCUT2D eigenvalue weighted by Crippen LogP contribution is 2.24. The molecule has 0 aromatic carbocycles. The second-order valence-electron chi connectivity index (χ2n) is 5.56. The molecule has 1 aliphatic rings. The van der Waals surface area contributed by atoms with E-state index in [4.69, 9.17) is 4.99 Å². The third-order valence-electron chi connectivity index (χ3n) is 4.13. The van der Waals surface area contributed by atoms with Gasteiger partial charge in [0, 0.05) is 23.9 Å². The van der Waals surface area contributed by atoms with Gasteiger partial charge < -0.3 is 10.2 Å². The first kappa shape index (κ1) is 15.8. The Hall–Kier alpha value is -0.220. The quantitative estimate of drug-likeness (QED) is 0.805. The van der Waals surface area contributed by atoms with Crippen LogP contribution in [0.4, 0.5) is 0 Å². The smallest absolute Gasteiger partial charge is 0.157 e. The van der Waals surface area contributed by atoms with Crippen LogP contribution in [0.5, 0.6) is 0 Å². The largest absolute Gasteiger partial charge is 0.360 e. The van der Waals surface area contributed by atoms with Crippen LogP contribution in [0.1, 0.15) is 47.0 Å². The van der Waals surface area contributed by atoms with Gasteiger partial charge in [0.15, 0.2) is 5.17 Å². The van der Waals surface area contributed by atoms with Crippen LogP contribution in [-0.2, 0) is 0 Å². The Morgan fingerprint density at radius 1 is 1.50 bits per heavy atom. The van der Waals surface area contributed by atoms with Gasteiger partial charge in [-0.15, -0.1) is 0 Å². The molecule has 0 aromatic rings. The first-order valence-corrected chi connectivity index (χ1v) is 8.15. The molecule has 1 heterocycles. The lowest BCUT2D eigenvalue weighted by Crippen LogP contribution is -2.48. The van der Waals surface area contributed by atoms with Crippen molar-refractivity contribution in [3.05, 3.63) is 0 Å². The summed E-state index contributed by atoms with van der Waals surface area (Å²) in [5, 5.41) is 4.73. The predicted molar refractivity (Wildman–Crippen MR) is 83.6 cm³/mol. The molecule has 4 heteroatoms. The van der Waals surface area contributed by atoms with Crippen molar-refractivity contribution in [3.63, 3.8) is 0 Å². The number of aliphatic imine (C=N–C) groups is 1. The topological polar surface area (TPSA) is 27.6 Å². The molecule has 0 amide bonds. The summed E-state index contributed by atoms with van der Waals surface area (Å²) in [7, 11) is 2.19. The van der Waals surface area contributed by atoms with Gasteiger partial charge in [-0.1, -0.05) is 25.6 Å². The number of amidine groups is 1. The standard InChI is InChI=1S/C14H29N3S/c1-6-12(3)17(5)10-9-15-13-16-14(4,7-2)8-11-18-13/h12H,6-11H2,1-5H3,(H,15,16).